The van der Waals surface area contributed by atoms with Crippen molar-refractivity contribution < 1.29 is 8.42 Å². The molecule has 1 aliphatic rings. The lowest BCUT2D eigenvalue weighted by molar-refractivity contribution is 0.0975. The number of halogens is 2. The maximum absolute atomic E-state index is 13.8. The lowest BCUT2D eigenvalue weighted by atomic mass is 9.89. The van der Waals surface area contributed by atoms with Crippen LogP contribution in [0.15, 0.2) is 83.8 Å². The molecule has 1 heterocycles. The first-order valence-electron chi connectivity index (χ1n) is 9.77. The van der Waals surface area contributed by atoms with E-state index >= 15 is 0 Å². The van der Waals surface area contributed by atoms with Crippen LogP contribution >= 0.6 is 23.2 Å². The molecule has 0 radical (unpaired) electrons. The molecule has 0 saturated carbocycles. The molecular formula is C23H22Cl2N2O2S. The third kappa shape index (κ3) is 4.01. The highest BCUT2D eigenvalue weighted by Gasteiger charge is 2.47. The van der Waals surface area contributed by atoms with Gasteiger partial charge in [0.2, 0.25) is 0 Å². The van der Waals surface area contributed by atoms with Crippen LogP contribution in [0.4, 0.5) is 0 Å². The van der Waals surface area contributed by atoms with Gasteiger partial charge in [0, 0.05) is 29.1 Å². The van der Waals surface area contributed by atoms with Crippen molar-refractivity contribution in [3.05, 3.63) is 100 Å². The smallest absolute Gasteiger partial charge is 0.227 e. The van der Waals surface area contributed by atoms with Crippen LogP contribution in [0.1, 0.15) is 30.0 Å². The summed E-state index contributed by atoms with van der Waals surface area (Å²) in [6, 6.07) is 23.4. The fourth-order valence-electron chi connectivity index (χ4n) is 4.03. The Kier molecular flexibility index (Phi) is 6.19. The number of hydrogen-bond donors (Lipinski definition) is 0. The van der Waals surface area contributed by atoms with Crippen molar-refractivity contribution in [2.75, 3.05) is 13.1 Å². The van der Waals surface area contributed by atoms with E-state index in [-0.39, 0.29) is 16.9 Å². The number of sulfonamides is 1. The summed E-state index contributed by atoms with van der Waals surface area (Å²) < 4.78 is 29.1. The second-order valence-corrected chi connectivity index (χ2v) is 9.92. The summed E-state index contributed by atoms with van der Waals surface area (Å²) in [5.41, 5.74) is 2.01. The van der Waals surface area contributed by atoms with Gasteiger partial charge in [-0.05, 0) is 47.5 Å². The predicted molar refractivity (Wildman–Crippen MR) is 121 cm³/mol. The van der Waals surface area contributed by atoms with Crippen LogP contribution in [-0.4, -0.2) is 30.9 Å². The summed E-state index contributed by atoms with van der Waals surface area (Å²) in [7, 11) is -3.80. The molecule has 7 heteroatoms. The minimum absolute atomic E-state index is 0.0191. The second kappa shape index (κ2) is 8.69. The summed E-state index contributed by atoms with van der Waals surface area (Å²) in [6.07, 6.45) is 0. The molecule has 3 aromatic rings. The number of benzene rings is 3. The van der Waals surface area contributed by atoms with Crippen molar-refractivity contribution >= 4 is 33.2 Å². The average molecular weight is 461 g/mol. The fraction of sp³-hybridized carbons (Fsp3) is 0.217. The largest absolute Gasteiger partial charge is 0.256 e. The molecule has 0 N–H and O–H groups in total. The van der Waals surface area contributed by atoms with Gasteiger partial charge in [-0.1, -0.05) is 72.6 Å². The number of likely N-dealkylation sites (N-methyl/N-ethyl adjacent to an activating group) is 1. The summed E-state index contributed by atoms with van der Waals surface area (Å²) in [5.74, 6) is -0.0191. The Bertz CT molecular complexity index is 1100. The van der Waals surface area contributed by atoms with Gasteiger partial charge < -0.3 is 0 Å². The van der Waals surface area contributed by atoms with Crippen molar-refractivity contribution in [3.8, 4) is 0 Å². The van der Waals surface area contributed by atoms with Gasteiger partial charge in [0.1, 0.15) is 0 Å². The van der Waals surface area contributed by atoms with Gasteiger partial charge in [0.15, 0.2) is 0 Å². The predicted octanol–water partition coefficient (Wildman–Crippen LogP) is 5.76. The molecule has 0 amide bonds. The molecule has 0 bridgehead atoms. The number of nitrogens with zero attached hydrogens (tertiary/aromatic N) is 2. The van der Waals surface area contributed by atoms with Gasteiger partial charge in [0.05, 0.1) is 10.9 Å². The first-order valence-corrected chi connectivity index (χ1v) is 12.0. The monoisotopic (exact) mass is 460 g/mol. The molecule has 3 aromatic carbocycles. The summed E-state index contributed by atoms with van der Waals surface area (Å²) in [5, 5.41) is 3.02. The highest BCUT2D eigenvalue weighted by molar-refractivity contribution is 7.89. The number of hydrazine groups is 1. The van der Waals surface area contributed by atoms with E-state index < -0.39 is 10.0 Å². The van der Waals surface area contributed by atoms with Crippen LogP contribution in [-0.2, 0) is 10.0 Å². The molecule has 0 spiro atoms. The van der Waals surface area contributed by atoms with Gasteiger partial charge in [-0.15, -0.1) is 4.41 Å². The van der Waals surface area contributed by atoms with E-state index in [9.17, 15) is 8.42 Å². The zero-order valence-corrected chi connectivity index (χ0v) is 18.8. The Hall–Kier alpha value is -1.89. The Morgan fingerprint density at radius 3 is 1.97 bits per heavy atom. The van der Waals surface area contributed by atoms with E-state index in [0.717, 1.165) is 11.1 Å². The molecule has 2 atom stereocenters. The van der Waals surface area contributed by atoms with Crippen molar-refractivity contribution in [1.29, 1.82) is 0 Å². The first kappa shape index (κ1) is 21.3. The van der Waals surface area contributed by atoms with Crippen LogP contribution in [0.2, 0.25) is 10.0 Å². The molecule has 4 rings (SSSR count). The van der Waals surface area contributed by atoms with Gasteiger partial charge in [0.25, 0.3) is 10.0 Å². The molecule has 1 unspecified atom stereocenters. The van der Waals surface area contributed by atoms with E-state index in [1.165, 1.54) is 4.41 Å². The molecule has 1 aliphatic heterocycles. The third-order valence-electron chi connectivity index (χ3n) is 5.47. The molecular weight excluding hydrogens is 439 g/mol. The second-order valence-electron chi connectivity index (χ2n) is 7.25. The van der Waals surface area contributed by atoms with E-state index in [1.807, 2.05) is 42.3 Å². The van der Waals surface area contributed by atoms with Crippen molar-refractivity contribution in [2.45, 2.75) is 23.8 Å². The lowest BCUT2D eigenvalue weighted by Gasteiger charge is -2.31. The van der Waals surface area contributed by atoms with Gasteiger partial charge in [-0.25, -0.2) is 13.4 Å². The first-order chi connectivity index (χ1) is 14.4. The summed E-state index contributed by atoms with van der Waals surface area (Å²) >= 11 is 12.1. The van der Waals surface area contributed by atoms with Crippen molar-refractivity contribution in [1.82, 2.24) is 9.42 Å². The average Bonchev–Trinajstić information content (AvgIpc) is 3.16. The van der Waals surface area contributed by atoms with Gasteiger partial charge in [-0.2, -0.15) is 0 Å². The molecule has 1 fully saturated rings. The number of rotatable bonds is 5. The Labute approximate surface area is 187 Å². The van der Waals surface area contributed by atoms with Crippen LogP contribution in [0.5, 0.6) is 0 Å². The minimum atomic E-state index is -3.80. The summed E-state index contributed by atoms with van der Waals surface area (Å²) in [6.45, 7) is 3.14. The Balaban J connectivity index is 1.87. The van der Waals surface area contributed by atoms with Crippen LogP contribution in [0.3, 0.4) is 0 Å². The maximum Gasteiger partial charge on any atom is 0.256 e. The Morgan fingerprint density at radius 1 is 0.833 bits per heavy atom. The van der Waals surface area contributed by atoms with Crippen molar-refractivity contribution in [2.24, 2.45) is 0 Å². The molecule has 1 saturated heterocycles. The summed E-state index contributed by atoms with van der Waals surface area (Å²) in [4.78, 5) is 0.220. The normalized spacial score (nSPS) is 20.5. The molecule has 30 heavy (non-hydrogen) atoms. The van der Waals surface area contributed by atoms with E-state index in [4.69, 9.17) is 23.2 Å². The van der Waals surface area contributed by atoms with Gasteiger partial charge in [-0.3, -0.25) is 0 Å². The molecule has 0 aliphatic carbocycles. The highest BCUT2D eigenvalue weighted by Crippen LogP contribution is 2.46. The maximum atomic E-state index is 13.8. The molecule has 156 valence electrons. The number of hydrogen-bond acceptors (Lipinski definition) is 3. The SMILES string of the molecule is CCN1C[C@H](c2ccccc2)C(c2ccc(Cl)cc2)N1S(=O)(=O)c1ccc(Cl)cc1. The van der Waals surface area contributed by atoms with Gasteiger partial charge >= 0.3 is 0 Å². The minimum Gasteiger partial charge on any atom is -0.227 e. The van der Waals surface area contributed by atoms with Crippen LogP contribution in [0.25, 0.3) is 0 Å². The molecule has 0 aromatic heterocycles. The quantitative estimate of drug-likeness (QED) is 0.485. The Morgan fingerprint density at radius 2 is 1.40 bits per heavy atom. The zero-order chi connectivity index (χ0) is 21.3. The lowest BCUT2D eigenvalue weighted by Crippen LogP contribution is -2.42. The molecule has 4 nitrogen and oxygen atoms in total. The third-order valence-corrected chi connectivity index (χ3v) is 7.79. The zero-order valence-electron chi connectivity index (χ0n) is 16.4. The van der Waals surface area contributed by atoms with Crippen molar-refractivity contribution in [3.63, 3.8) is 0 Å². The van der Waals surface area contributed by atoms with Crippen LogP contribution in [0, 0.1) is 0 Å². The van der Waals surface area contributed by atoms with E-state index in [2.05, 4.69) is 12.1 Å². The topological polar surface area (TPSA) is 40.6 Å². The van der Waals surface area contributed by atoms with Crippen LogP contribution < -0.4 is 0 Å². The van der Waals surface area contributed by atoms with E-state index in [0.29, 0.717) is 23.1 Å². The fourth-order valence-corrected chi connectivity index (χ4v) is 6.03. The standard InChI is InChI=1S/C23H22Cl2N2O2S/c1-2-26-16-22(17-6-4-3-5-7-17)23(18-8-10-19(24)11-9-18)27(26)30(28,29)21-14-12-20(25)13-15-21/h3-15,22-23H,2,16H2,1H3/t22-,23?/m1/s1. The highest BCUT2D eigenvalue weighted by atomic mass is 35.5. The van der Waals surface area contributed by atoms with E-state index in [1.54, 1.807) is 36.4 Å².